The molecule has 1 aromatic rings. The summed E-state index contributed by atoms with van der Waals surface area (Å²) in [5.41, 5.74) is 0.869. The SMILES string of the molecule is Cc1nc(CNC(=O)N2CCCN(CC(=O)O)CC2)cs1. The van der Waals surface area contributed by atoms with E-state index in [2.05, 4.69) is 10.3 Å². The van der Waals surface area contributed by atoms with Crippen molar-refractivity contribution in [1.82, 2.24) is 20.1 Å². The molecule has 0 unspecified atom stereocenters. The van der Waals surface area contributed by atoms with Gasteiger partial charge in [0.2, 0.25) is 0 Å². The lowest BCUT2D eigenvalue weighted by Gasteiger charge is -2.21. The topological polar surface area (TPSA) is 85.8 Å². The zero-order valence-corrected chi connectivity index (χ0v) is 12.9. The van der Waals surface area contributed by atoms with Gasteiger partial charge in [-0.25, -0.2) is 9.78 Å². The van der Waals surface area contributed by atoms with Crippen LogP contribution in [-0.4, -0.2) is 64.6 Å². The van der Waals surface area contributed by atoms with Crippen LogP contribution in [0, 0.1) is 6.92 Å². The standard InChI is InChI=1S/C13H20N4O3S/c1-10-15-11(9-21-10)7-14-13(20)17-4-2-3-16(5-6-17)8-12(18)19/h9H,2-8H2,1H3,(H,14,20)(H,18,19). The molecule has 1 saturated heterocycles. The molecule has 0 atom stereocenters. The first-order valence-corrected chi connectivity index (χ1v) is 7.80. The molecule has 2 amide bonds. The molecule has 7 nitrogen and oxygen atoms in total. The number of thiazole rings is 1. The number of amides is 2. The van der Waals surface area contributed by atoms with Crippen LogP contribution in [0.15, 0.2) is 5.38 Å². The lowest BCUT2D eigenvalue weighted by Crippen LogP contribution is -2.42. The second-order valence-electron chi connectivity index (χ2n) is 5.03. The van der Waals surface area contributed by atoms with Gasteiger partial charge in [0.1, 0.15) is 0 Å². The van der Waals surface area contributed by atoms with E-state index < -0.39 is 5.97 Å². The molecule has 1 aliphatic heterocycles. The Hall–Kier alpha value is -1.67. The number of carbonyl (C=O) groups is 2. The van der Waals surface area contributed by atoms with Gasteiger partial charge in [-0.05, 0) is 13.3 Å². The molecule has 0 spiro atoms. The Bertz CT molecular complexity index is 505. The summed E-state index contributed by atoms with van der Waals surface area (Å²) < 4.78 is 0. The predicted octanol–water partition coefficient (Wildman–Crippen LogP) is 0.753. The summed E-state index contributed by atoms with van der Waals surface area (Å²) in [6.07, 6.45) is 0.788. The maximum Gasteiger partial charge on any atom is 0.317 e. The molecule has 116 valence electrons. The molecule has 0 aliphatic carbocycles. The van der Waals surface area contributed by atoms with Crippen molar-refractivity contribution < 1.29 is 14.7 Å². The van der Waals surface area contributed by atoms with E-state index in [9.17, 15) is 9.59 Å². The molecular weight excluding hydrogens is 292 g/mol. The predicted molar refractivity (Wildman–Crippen MR) is 79.4 cm³/mol. The smallest absolute Gasteiger partial charge is 0.317 e. The van der Waals surface area contributed by atoms with Crippen LogP contribution in [-0.2, 0) is 11.3 Å². The van der Waals surface area contributed by atoms with E-state index in [1.54, 1.807) is 16.2 Å². The van der Waals surface area contributed by atoms with Crippen LogP contribution in [0.25, 0.3) is 0 Å². The second-order valence-corrected chi connectivity index (χ2v) is 6.09. The first-order chi connectivity index (χ1) is 10.0. The molecule has 1 aliphatic rings. The number of carboxylic acids is 1. The van der Waals surface area contributed by atoms with Crippen molar-refractivity contribution in [2.45, 2.75) is 19.9 Å². The number of nitrogens with zero attached hydrogens (tertiary/aromatic N) is 3. The van der Waals surface area contributed by atoms with Gasteiger partial charge in [0.25, 0.3) is 0 Å². The number of hydrogen-bond acceptors (Lipinski definition) is 5. The van der Waals surface area contributed by atoms with Gasteiger partial charge in [-0.2, -0.15) is 0 Å². The molecule has 2 N–H and O–H groups in total. The van der Waals surface area contributed by atoms with Gasteiger partial charge < -0.3 is 15.3 Å². The van der Waals surface area contributed by atoms with Crippen molar-refractivity contribution in [1.29, 1.82) is 0 Å². The number of aryl methyl sites for hydroxylation is 1. The number of rotatable bonds is 4. The van der Waals surface area contributed by atoms with E-state index in [1.807, 2.05) is 17.2 Å². The van der Waals surface area contributed by atoms with E-state index >= 15 is 0 Å². The number of carbonyl (C=O) groups excluding carboxylic acids is 1. The summed E-state index contributed by atoms with van der Waals surface area (Å²) in [6.45, 7) is 4.90. The maximum atomic E-state index is 12.1. The van der Waals surface area contributed by atoms with Gasteiger partial charge in [0.05, 0.1) is 23.8 Å². The third-order valence-electron chi connectivity index (χ3n) is 3.32. The Morgan fingerprint density at radius 1 is 1.38 bits per heavy atom. The summed E-state index contributed by atoms with van der Waals surface area (Å²) in [4.78, 5) is 30.7. The van der Waals surface area contributed by atoms with Crippen molar-refractivity contribution in [3.05, 3.63) is 16.1 Å². The van der Waals surface area contributed by atoms with Gasteiger partial charge in [0, 0.05) is 31.6 Å². The summed E-state index contributed by atoms with van der Waals surface area (Å²) in [5, 5.41) is 14.6. The van der Waals surface area contributed by atoms with Gasteiger partial charge in [-0.3, -0.25) is 9.69 Å². The van der Waals surface area contributed by atoms with Gasteiger partial charge >= 0.3 is 12.0 Å². The molecule has 1 fully saturated rings. The highest BCUT2D eigenvalue weighted by Gasteiger charge is 2.20. The lowest BCUT2D eigenvalue weighted by molar-refractivity contribution is -0.138. The van der Waals surface area contributed by atoms with Gasteiger partial charge in [-0.15, -0.1) is 11.3 Å². The fourth-order valence-electron chi connectivity index (χ4n) is 2.29. The number of urea groups is 1. The highest BCUT2D eigenvalue weighted by atomic mass is 32.1. The number of aliphatic carboxylic acids is 1. The zero-order chi connectivity index (χ0) is 15.2. The minimum atomic E-state index is -0.827. The third-order valence-corrected chi connectivity index (χ3v) is 4.14. The summed E-state index contributed by atoms with van der Waals surface area (Å²) in [7, 11) is 0. The first kappa shape index (κ1) is 15.7. The monoisotopic (exact) mass is 312 g/mol. The second kappa shape index (κ2) is 7.37. The Morgan fingerprint density at radius 3 is 2.86 bits per heavy atom. The maximum absolute atomic E-state index is 12.1. The van der Waals surface area contributed by atoms with Crippen LogP contribution >= 0.6 is 11.3 Å². The Kier molecular flexibility index (Phi) is 5.51. The number of aromatic nitrogens is 1. The van der Waals surface area contributed by atoms with E-state index in [1.165, 1.54) is 0 Å². The van der Waals surface area contributed by atoms with Crippen LogP contribution < -0.4 is 5.32 Å². The first-order valence-electron chi connectivity index (χ1n) is 6.92. The normalized spacial score (nSPS) is 16.5. The summed E-state index contributed by atoms with van der Waals surface area (Å²) >= 11 is 1.56. The summed E-state index contributed by atoms with van der Waals surface area (Å²) in [5.74, 6) is -0.827. The van der Waals surface area contributed by atoms with Crippen LogP contribution in [0.1, 0.15) is 17.1 Å². The van der Waals surface area contributed by atoms with Crippen LogP contribution in [0.4, 0.5) is 4.79 Å². The molecule has 21 heavy (non-hydrogen) atoms. The Labute approximate surface area is 127 Å². The largest absolute Gasteiger partial charge is 0.480 e. The minimum Gasteiger partial charge on any atom is -0.480 e. The molecule has 2 rings (SSSR count). The Balaban J connectivity index is 1.78. The van der Waals surface area contributed by atoms with Crippen molar-refractivity contribution in [3.63, 3.8) is 0 Å². The lowest BCUT2D eigenvalue weighted by atomic mass is 10.4. The molecule has 2 heterocycles. The van der Waals surface area contributed by atoms with Crippen LogP contribution in [0.2, 0.25) is 0 Å². The highest BCUT2D eigenvalue weighted by Crippen LogP contribution is 2.08. The van der Waals surface area contributed by atoms with E-state index in [0.717, 1.165) is 17.1 Å². The minimum absolute atomic E-state index is 0.0353. The molecule has 0 radical (unpaired) electrons. The molecule has 8 heteroatoms. The number of carboxylic acid groups (broad SMARTS) is 1. The quantitative estimate of drug-likeness (QED) is 0.857. The average Bonchev–Trinajstić information content (AvgIpc) is 2.70. The van der Waals surface area contributed by atoms with E-state index in [4.69, 9.17) is 5.11 Å². The Morgan fingerprint density at radius 2 is 2.19 bits per heavy atom. The van der Waals surface area contributed by atoms with Crippen molar-refractivity contribution in [2.24, 2.45) is 0 Å². The van der Waals surface area contributed by atoms with Crippen molar-refractivity contribution >= 4 is 23.3 Å². The van der Waals surface area contributed by atoms with Crippen molar-refractivity contribution in [2.75, 3.05) is 32.7 Å². The molecule has 0 bridgehead atoms. The van der Waals surface area contributed by atoms with Crippen LogP contribution in [0.3, 0.4) is 0 Å². The van der Waals surface area contributed by atoms with Crippen LogP contribution in [0.5, 0.6) is 0 Å². The van der Waals surface area contributed by atoms with E-state index in [0.29, 0.717) is 32.7 Å². The molecule has 1 aromatic heterocycles. The molecule has 0 saturated carbocycles. The molecule has 0 aromatic carbocycles. The fourth-order valence-corrected chi connectivity index (χ4v) is 2.90. The fraction of sp³-hybridized carbons (Fsp3) is 0.615. The summed E-state index contributed by atoms with van der Waals surface area (Å²) in [6, 6.07) is -0.113. The van der Waals surface area contributed by atoms with Gasteiger partial charge in [0.15, 0.2) is 0 Å². The highest BCUT2D eigenvalue weighted by molar-refractivity contribution is 7.09. The molecular formula is C13H20N4O3S. The van der Waals surface area contributed by atoms with Gasteiger partial charge in [-0.1, -0.05) is 0 Å². The average molecular weight is 312 g/mol. The van der Waals surface area contributed by atoms with E-state index in [-0.39, 0.29) is 12.6 Å². The third kappa shape index (κ3) is 4.98. The number of hydrogen-bond donors (Lipinski definition) is 2. The zero-order valence-electron chi connectivity index (χ0n) is 12.0. The van der Waals surface area contributed by atoms with Crippen molar-refractivity contribution in [3.8, 4) is 0 Å². The number of nitrogens with one attached hydrogen (secondary N) is 1.